The van der Waals surface area contributed by atoms with Crippen molar-refractivity contribution in [3.63, 3.8) is 0 Å². The van der Waals surface area contributed by atoms with Crippen molar-refractivity contribution in [2.24, 2.45) is 85.6 Å². The minimum absolute atomic E-state index is 0.0884. The molecule has 9 nitrogen and oxygen atoms in total. The van der Waals surface area contributed by atoms with Crippen LogP contribution < -0.4 is 5.48 Å². The SMILES string of the molecule is CN=NC1CCC2C(C1)C(=O)C1CC(N=NC3C(O)C(CONC4CCC(CCC5CCC(N(C6CCC(C)CC6)C6CCC(C)CC6)CC5)CC4)CC4CCCCC43)CCC12. The molecule has 0 aliphatic heterocycles. The van der Waals surface area contributed by atoms with Crippen LogP contribution in [0.15, 0.2) is 20.5 Å². The molecule has 0 spiro atoms. The Kier molecular flexibility index (Phi) is 15.9. The lowest BCUT2D eigenvalue weighted by Crippen LogP contribution is -2.52. The second-order valence-electron chi connectivity index (χ2n) is 23.8. The Hall–Kier alpha value is -1.29. The molecule has 0 radical (unpaired) electrons. The minimum atomic E-state index is -0.516. The molecule has 9 fully saturated rings. The summed E-state index contributed by atoms with van der Waals surface area (Å²) in [6.07, 6.45) is 36.8. The van der Waals surface area contributed by atoms with Gasteiger partial charge in [-0.25, -0.2) is 0 Å². The summed E-state index contributed by atoms with van der Waals surface area (Å²) in [7, 11) is 1.75. The van der Waals surface area contributed by atoms with Crippen LogP contribution in [0.5, 0.6) is 0 Å². The van der Waals surface area contributed by atoms with Gasteiger partial charge in [-0.2, -0.15) is 25.9 Å². The van der Waals surface area contributed by atoms with Gasteiger partial charge in [0.15, 0.2) is 0 Å². The third-order valence-corrected chi connectivity index (χ3v) is 19.9. The van der Waals surface area contributed by atoms with Crippen LogP contribution in [0.25, 0.3) is 0 Å². The summed E-state index contributed by atoms with van der Waals surface area (Å²) in [5.74, 6) is 6.62. The van der Waals surface area contributed by atoms with Gasteiger partial charge in [-0.1, -0.05) is 46.0 Å². The first-order valence-electron chi connectivity index (χ1n) is 27.4. The van der Waals surface area contributed by atoms with Crippen molar-refractivity contribution in [3.8, 4) is 0 Å². The van der Waals surface area contributed by atoms with E-state index in [2.05, 4.69) is 34.5 Å². The number of aliphatic hydroxyl groups is 1. The van der Waals surface area contributed by atoms with Crippen molar-refractivity contribution < 1.29 is 14.7 Å². The maximum absolute atomic E-state index is 13.7. The van der Waals surface area contributed by atoms with Crippen LogP contribution in [0, 0.1) is 65.1 Å². The summed E-state index contributed by atoms with van der Waals surface area (Å²) in [5, 5.41) is 30.4. The molecule has 0 saturated heterocycles. The number of hydrogen-bond donors (Lipinski definition) is 2. The van der Waals surface area contributed by atoms with Gasteiger partial charge < -0.3 is 9.94 Å². The molecule has 0 bridgehead atoms. The first kappa shape index (κ1) is 45.8. The van der Waals surface area contributed by atoms with Crippen molar-refractivity contribution in [2.45, 2.75) is 248 Å². The van der Waals surface area contributed by atoms with E-state index >= 15 is 0 Å². The van der Waals surface area contributed by atoms with Gasteiger partial charge in [0.25, 0.3) is 0 Å². The Morgan fingerprint density at radius 1 is 0.597 bits per heavy atom. The molecular formula is C53H90N6O3. The molecule has 62 heavy (non-hydrogen) atoms. The highest BCUT2D eigenvalue weighted by Crippen LogP contribution is 2.53. The zero-order chi connectivity index (χ0) is 42.6. The zero-order valence-corrected chi connectivity index (χ0v) is 39.7. The van der Waals surface area contributed by atoms with E-state index in [1.165, 1.54) is 135 Å². The number of Topliss-reactive ketones (excluding diaryl/α,β-unsaturated/α-hetero) is 1. The van der Waals surface area contributed by atoms with Gasteiger partial charge in [-0.3, -0.25) is 9.69 Å². The van der Waals surface area contributed by atoms with Gasteiger partial charge in [0, 0.05) is 49.0 Å². The van der Waals surface area contributed by atoms with E-state index in [9.17, 15) is 9.90 Å². The molecular weight excluding hydrogens is 769 g/mol. The third-order valence-electron chi connectivity index (χ3n) is 19.9. The molecule has 0 aromatic carbocycles. The lowest BCUT2D eigenvalue weighted by Gasteiger charge is -2.49. The Bertz CT molecular complexity index is 1440. The predicted octanol–water partition coefficient (Wildman–Crippen LogP) is 12.1. The fourth-order valence-corrected chi connectivity index (χ4v) is 16.2. The highest BCUT2D eigenvalue weighted by Gasteiger charge is 2.54. The van der Waals surface area contributed by atoms with Crippen LogP contribution in [0.2, 0.25) is 0 Å². The average molecular weight is 859 g/mol. The number of azo groups is 2. The van der Waals surface area contributed by atoms with Gasteiger partial charge in [0.1, 0.15) is 11.8 Å². The highest BCUT2D eigenvalue weighted by atomic mass is 16.6. The smallest absolute Gasteiger partial charge is 0.139 e. The monoisotopic (exact) mass is 859 g/mol. The first-order valence-corrected chi connectivity index (χ1v) is 27.4. The number of hydroxylamine groups is 1. The van der Waals surface area contributed by atoms with Crippen molar-refractivity contribution in [1.82, 2.24) is 10.4 Å². The molecule has 0 heterocycles. The number of aliphatic hydroxyl groups excluding tert-OH is 1. The highest BCUT2D eigenvalue weighted by molar-refractivity contribution is 5.86. The summed E-state index contributed by atoms with van der Waals surface area (Å²) in [6.45, 7) is 5.52. The Morgan fingerprint density at radius 3 is 1.71 bits per heavy atom. The normalized spacial score (nSPS) is 46.8. The lowest BCUT2D eigenvalue weighted by molar-refractivity contribution is -0.125. The number of hydrogen-bond acceptors (Lipinski definition) is 9. The summed E-state index contributed by atoms with van der Waals surface area (Å²) < 4.78 is 0. The molecule has 9 saturated carbocycles. The number of rotatable bonds is 13. The van der Waals surface area contributed by atoms with Crippen molar-refractivity contribution in [2.75, 3.05) is 13.7 Å². The number of ketones is 1. The van der Waals surface area contributed by atoms with Crippen LogP contribution in [0.4, 0.5) is 0 Å². The third kappa shape index (κ3) is 10.8. The topological polar surface area (TPSA) is 111 Å². The van der Waals surface area contributed by atoms with E-state index in [1.807, 2.05) is 0 Å². The molecule has 9 aliphatic carbocycles. The molecule has 350 valence electrons. The molecule has 11 atom stereocenters. The fourth-order valence-electron chi connectivity index (χ4n) is 16.2. The van der Waals surface area contributed by atoms with Crippen LogP contribution in [-0.4, -0.2) is 77.8 Å². The second-order valence-corrected chi connectivity index (χ2v) is 23.8. The minimum Gasteiger partial charge on any atom is -0.390 e. The lowest BCUT2D eigenvalue weighted by atomic mass is 9.64. The zero-order valence-electron chi connectivity index (χ0n) is 39.7. The van der Waals surface area contributed by atoms with E-state index in [4.69, 9.17) is 15.1 Å². The second kappa shape index (κ2) is 21.6. The van der Waals surface area contributed by atoms with Crippen molar-refractivity contribution in [1.29, 1.82) is 0 Å². The maximum Gasteiger partial charge on any atom is 0.139 e. The van der Waals surface area contributed by atoms with E-state index in [-0.39, 0.29) is 35.9 Å². The quantitative estimate of drug-likeness (QED) is 0.142. The van der Waals surface area contributed by atoms with Crippen molar-refractivity contribution in [3.05, 3.63) is 0 Å². The summed E-state index contributed by atoms with van der Waals surface area (Å²) in [5.41, 5.74) is 3.50. The average Bonchev–Trinajstić information content (AvgIpc) is 3.57. The molecule has 9 rings (SSSR count). The molecule has 0 amide bonds. The van der Waals surface area contributed by atoms with Gasteiger partial charge in [-0.05, 0) is 201 Å². The maximum atomic E-state index is 13.7. The summed E-state index contributed by atoms with van der Waals surface area (Å²) >= 11 is 0. The Morgan fingerprint density at radius 2 is 1.13 bits per heavy atom. The Balaban J connectivity index is 0.696. The Labute approximate surface area is 377 Å². The molecule has 9 aliphatic rings. The van der Waals surface area contributed by atoms with Crippen LogP contribution in [0.3, 0.4) is 0 Å². The molecule has 11 unspecified atom stereocenters. The predicted molar refractivity (Wildman–Crippen MR) is 248 cm³/mol. The molecule has 0 aromatic heterocycles. The summed E-state index contributed by atoms with van der Waals surface area (Å²) in [6, 6.07) is 3.19. The first-order chi connectivity index (χ1) is 30.3. The summed E-state index contributed by atoms with van der Waals surface area (Å²) in [4.78, 5) is 23.2. The largest absolute Gasteiger partial charge is 0.390 e. The van der Waals surface area contributed by atoms with Gasteiger partial charge >= 0.3 is 0 Å². The van der Waals surface area contributed by atoms with Gasteiger partial charge in [0.05, 0.1) is 24.8 Å². The number of fused-ring (bicyclic) bond motifs is 4. The van der Waals surface area contributed by atoms with Gasteiger partial charge in [-0.15, -0.1) is 0 Å². The number of carbonyl (C=O) groups is 1. The standard InChI is InChI=1S/C53H90N6O3/c1-34-8-22-43(23-9-34)59(44-24-10-35(2)11-25-44)45-26-16-37(17-27-45)13-12-36-14-18-40(19-15-36)58-62-33-39-30-38-6-4-5-7-46(38)51(52(39)60)57-56-42-21-29-48-47-28-20-41(55-54-3)31-49(47)53(61)50(48)32-42/h34-52,58,60H,4-33H2,1-3H3. The van der Waals surface area contributed by atoms with E-state index < -0.39 is 6.10 Å². The van der Waals surface area contributed by atoms with Gasteiger partial charge in [0.2, 0.25) is 0 Å². The molecule has 0 aromatic rings. The van der Waals surface area contributed by atoms with E-state index in [0.29, 0.717) is 42.1 Å². The van der Waals surface area contributed by atoms with Crippen LogP contribution in [-0.2, 0) is 9.63 Å². The number of carbonyl (C=O) groups excluding carboxylic acids is 1. The fraction of sp³-hybridized carbons (Fsp3) is 0.981. The van der Waals surface area contributed by atoms with Crippen molar-refractivity contribution >= 4 is 5.78 Å². The molecule has 2 N–H and O–H groups in total. The van der Waals surface area contributed by atoms with E-state index in [0.717, 1.165) is 93.2 Å². The number of nitrogens with zero attached hydrogens (tertiary/aromatic N) is 5. The van der Waals surface area contributed by atoms with Crippen LogP contribution in [0.1, 0.15) is 200 Å². The van der Waals surface area contributed by atoms with Crippen LogP contribution >= 0.6 is 0 Å². The number of nitrogens with one attached hydrogen (secondary N) is 1. The van der Waals surface area contributed by atoms with E-state index in [1.54, 1.807) is 7.05 Å². The molecule has 9 heteroatoms.